The summed E-state index contributed by atoms with van der Waals surface area (Å²) in [7, 11) is 4.95. The topological polar surface area (TPSA) is 63.2 Å². The van der Waals surface area contributed by atoms with Crippen molar-refractivity contribution < 1.29 is 17.7 Å². The Hall–Kier alpha value is -1.40. The molecular weight excluding hydrogens is 240 g/mol. The molecule has 1 heterocycles. The van der Waals surface area contributed by atoms with Gasteiger partial charge in [-0.1, -0.05) is 12.1 Å². The van der Waals surface area contributed by atoms with Crippen LogP contribution in [0.5, 0.6) is 0 Å². The number of benzene rings is 1. The van der Waals surface area contributed by atoms with Crippen LogP contribution in [0.15, 0.2) is 29.2 Å². The molecule has 0 radical (unpaired) electrons. The summed E-state index contributed by atoms with van der Waals surface area (Å²) in [6, 6.07) is 6.09. The van der Waals surface area contributed by atoms with E-state index in [9.17, 15) is 13.2 Å². The summed E-state index contributed by atoms with van der Waals surface area (Å²) in [6.07, 6.45) is 0. The smallest absolute Gasteiger partial charge is 0.266 e. The molecule has 0 saturated heterocycles. The molecule has 5 nitrogen and oxygen atoms in total. The molecule has 94 valence electrons. The van der Waals surface area contributed by atoms with Crippen molar-refractivity contribution >= 4 is 15.9 Å². The van der Waals surface area contributed by atoms with Crippen molar-refractivity contribution in [1.82, 2.24) is 4.72 Å². The highest BCUT2D eigenvalue weighted by atomic mass is 32.2. The van der Waals surface area contributed by atoms with Gasteiger partial charge in [0.2, 0.25) is 0 Å². The highest BCUT2D eigenvalue weighted by molar-refractivity contribution is 7.90. The first-order valence-corrected chi connectivity index (χ1v) is 6.55. The van der Waals surface area contributed by atoms with Crippen molar-refractivity contribution in [1.29, 1.82) is 0 Å². The molecule has 1 aromatic carbocycles. The van der Waals surface area contributed by atoms with E-state index in [4.69, 9.17) is 0 Å². The van der Waals surface area contributed by atoms with Crippen LogP contribution in [0.1, 0.15) is 10.4 Å². The number of carbonyl (C=O) groups is 1. The van der Waals surface area contributed by atoms with Gasteiger partial charge in [-0.05, 0) is 12.1 Å². The number of carbonyl (C=O) groups excluding carboxylic acids is 1. The van der Waals surface area contributed by atoms with E-state index in [2.05, 4.69) is 28.2 Å². The van der Waals surface area contributed by atoms with Gasteiger partial charge >= 0.3 is 0 Å². The van der Waals surface area contributed by atoms with Gasteiger partial charge in [-0.15, -0.1) is 0 Å². The Balaban J connectivity index is 0.000000249. The van der Waals surface area contributed by atoms with Gasteiger partial charge in [0.15, 0.2) is 0 Å². The molecule has 0 saturated carbocycles. The quantitative estimate of drug-likeness (QED) is 0.686. The molecule has 0 spiro atoms. The lowest BCUT2D eigenvalue weighted by molar-refractivity contribution is -0.849. The first kappa shape index (κ1) is 13.7. The van der Waals surface area contributed by atoms with Crippen molar-refractivity contribution in [2.24, 2.45) is 0 Å². The third-order valence-electron chi connectivity index (χ3n) is 1.65. The number of sulfonamides is 1. The SMILES string of the molecule is C[N+](C)(C)C.O=C1NS(=O)(=O)c2ccccc21. The molecule has 0 aromatic heterocycles. The lowest BCUT2D eigenvalue weighted by Gasteiger charge is -2.14. The van der Waals surface area contributed by atoms with Crippen LogP contribution in [0.25, 0.3) is 0 Å². The van der Waals surface area contributed by atoms with Crippen LogP contribution in [0, 0.1) is 0 Å². The Morgan fingerprint density at radius 1 is 1.06 bits per heavy atom. The number of rotatable bonds is 0. The van der Waals surface area contributed by atoms with E-state index in [0.717, 1.165) is 4.48 Å². The maximum Gasteiger partial charge on any atom is 0.266 e. The Morgan fingerprint density at radius 2 is 1.53 bits per heavy atom. The third-order valence-corrected chi connectivity index (χ3v) is 3.04. The number of quaternary nitrogens is 1. The third kappa shape index (κ3) is 3.83. The van der Waals surface area contributed by atoms with Gasteiger partial charge in [-0.2, -0.15) is 0 Å². The summed E-state index contributed by atoms with van der Waals surface area (Å²) in [5, 5.41) is 0. The van der Waals surface area contributed by atoms with E-state index in [-0.39, 0.29) is 10.5 Å². The highest BCUT2D eigenvalue weighted by Gasteiger charge is 2.31. The molecule has 17 heavy (non-hydrogen) atoms. The van der Waals surface area contributed by atoms with Crippen molar-refractivity contribution in [2.45, 2.75) is 4.90 Å². The Bertz CT molecular complexity index is 524. The summed E-state index contributed by atoms with van der Waals surface area (Å²) in [4.78, 5) is 11.1. The number of amides is 1. The fourth-order valence-corrected chi connectivity index (χ4v) is 2.29. The Morgan fingerprint density at radius 3 is 2.00 bits per heavy atom. The summed E-state index contributed by atoms with van der Waals surface area (Å²) in [5.74, 6) is -0.550. The molecule has 2 rings (SSSR count). The predicted molar refractivity (Wildman–Crippen MR) is 65.1 cm³/mol. The number of fused-ring (bicyclic) bond motifs is 1. The van der Waals surface area contributed by atoms with E-state index in [0.29, 0.717) is 0 Å². The highest BCUT2D eigenvalue weighted by Crippen LogP contribution is 2.20. The standard InChI is InChI=1S/C7H5NO3S.C4H12N/c9-7-5-3-1-2-4-6(5)12(10,11)8-7;1-5(2,3)4/h1-4H,(H,8,9);1-4H3/q;+1. The van der Waals surface area contributed by atoms with Crippen molar-refractivity contribution in [2.75, 3.05) is 28.2 Å². The van der Waals surface area contributed by atoms with Gasteiger partial charge in [0.25, 0.3) is 15.9 Å². The molecule has 0 atom stereocenters. The molecule has 1 aromatic rings. The summed E-state index contributed by atoms with van der Waals surface area (Å²) in [6.45, 7) is 0. The zero-order chi connectivity index (χ0) is 13.3. The zero-order valence-electron chi connectivity index (χ0n) is 10.4. The molecule has 1 aliphatic rings. The Labute approximate surface area is 102 Å². The van der Waals surface area contributed by atoms with Crippen LogP contribution in [0.2, 0.25) is 0 Å². The van der Waals surface area contributed by atoms with Crippen molar-refractivity contribution in [3.63, 3.8) is 0 Å². The fourth-order valence-electron chi connectivity index (χ4n) is 1.12. The molecule has 0 bridgehead atoms. The number of hydrogen-bond donors (Lipinski definition) is 1. The maximum atomic E-state index is 11.1. The second-order valence-electron chi connectivity index (χ2n) is 5.11. The van der Waals surface area contributed by atoms with Crippen LogP contribution >= 0.6 is 0 Å². The van der Waals surface area contributed by atoms with Gasteiger partial charge < -0.3 is 4.48 Å². The largest absolute Gasteiger partial charge is 0.333 e. The van der Waals surface area contributed by atoms with Crippen molar-refractivity contribution in [3.8, 4) is 0 Å². The van der Waals surface area contributed by atoms with Gasteiger partial charge in [0, 0.05) is 0 Å². The monoisotopic (exact) mass is 257 g/mol. The molecule has 6 heteroatoms. The van der Waals surface area contributed by atoms with E-state index in [1.165, 1.54) is 12.1 Å². The predicted octanol–water partition coefficient (Wildman–Crippen LogP) is 0.441. The van der Waals surface area contributed by atoms with Crippen LogP contribution in [-0.4, -0.2) is 47.0 Å². The second-order valence-corrected chi connectivity index (χ2v) is 6.76. The number of nitrogens with one attached hydrogen (secondary N) is 1. The van der Waals surface area contributed by atoms with Gasteiger partial charge in [0.05, 0.1) is 33.8 Å². The minimum atomic E-state index is -3.55. The van der Waals surface area contributed by atoms with Gasteiger partial charge in [-0.3, -0.25) is 4.79 Å². The van der Waals surface area contributed by atoms with Crippen LogP contribution < -0.4 is 4.72 Å². The molecule has 0 aliphatic carbocycles. The zero-order valence-corrected chi connectivity index (χ0v) is 11.2. The minimum Gasteiger partial charge on any atom is -0.333 e. The minimum absolute atomic E-state index is 0.0648. The lowest BCUT2D eigenvalue weighted by Crippen LogP contribution is -2.27. The fraction of sp³-hybridized carbons (Fsp3) is 0.364. The van der Waals surface area contributed by atoms with E-state index >= 15 is 0 Å². The van der Waals surface area contributed by atoms with Crippen LogP contribution in [0.4, 0.5) is 0 Å². The summed E-state index contributed by atoms with van der Waals surface area (Å²) >= 11 is 0. The van der Waals surface area contributed by atoms with Crippen LogP contribution in [-0.2, 0) is 10.0 Å². The average Bonchev–Trinajstić information content (AvgIpc) is 2.36. The Kier molecular flexibility index (Phi) is 3.59. The van der Waals surface area contributed by atoms with Gasteiger partial charge in [-0.25, -0.2) is 13.1 Å². The number of nitrogens with zero attached hydrogens (tertiary/aromatic N) is 1. The molecule has 0 unspecified atom stereocenters. The molecule has 1 N–H and O–H groups in total. The first-order valence-electron chi connectivity index (χ1n) is 5.06. The molecule has 0 fully saturated rings. The van der Waals surface area contributed by atoms with Crippen molar-refractivity contribution in [3.05, 3.63) is 29.8 Å². The van der Waals surface area contributed by atoms with E-state index in [1.807, 2.05) is 4.72 Å². The average molecular weight is 257 g/mol. The molecule has 1 aliphatic heterocycles. The van der Waals surface area contributed by atoms with Crippen LogP contribution in [0.3, 0.4) is 0 Å². The molecule has 1 amide bonds. The molecular formula is C11H17N2O3S+. The summed E-state index contributed by atoms with van der Waals surface area (Å²) in [5.41, 5.74) is 0.220. The maximum absolute atomic E-state index is 11.1. The lowest BCUT2D eigenvalue weighted by atomic mass is 10.2. The summed E-state index contributed by atoms with van der Waals surface area (Å²) < 4.78 is 25.2. The first-order chi connectivity index (χ1) is 7.61. The normalized spacial score (nSPS) is 16.6. The van der Waals surface area contributed by atoms with E-state index < -0.39 is 15.9 Å². The van der Waals surface area contributed by atoms with E-state index in [1.54, 1.807) is 12.1 Å². The van der Waals surface area contributed by atoms with Gasteiger partial charge in [0.1, 0.15) is 4.90 Å². The second kappa shape index (κ2) is 4.46. The number of hydrogen-bond acceptors (Lipinski definition) is 3.